The number of carboxylic acid groups (broad SMARTS) is 1. The van der Waals surface area contributed by atoms with Crippen LogP contribution in [0.3, 0.4) is 0 Å². The van der Waals surface area contributed by atoms with Crippen molar-refractivity contribution >= 4 is 11.9 Å². The van der Waals surface area contributed by atoms with Gasteiger partial charge < -0.3 is 5.11 Å². The number of hydrogen-bond donors (Lipinski definition) is 1. The second-order valence-corrected chi connectivity index (χ2v) is 3.19. The number of hydrogen-bond acceptors (Lipinski definition) is 3. The van der Waals surface area contributed by atoms with Crippen LogP contribution in [0.15, 0.2) is 30.3 Å². The van der Waals surface area contributed by atoms with Crippen molar-refractivity contribution in [1.82, 2.24) is 5.06 Å². The summed E-state index contributed by atoms with van der Waals surface area (Å²) in [4.78, 5) is 27.4. The van der Waals surface area contributed by atoms with Crippen LogP contribution < -0.4 is 0 Å². The molecule has 0 aliphatic rings. The number of hydroxylamine groups is 2. The molecule has 0 aliphatic carbocycles. The molecular formula is C11H13NO4. The Balaban J connectivity index is 2.90. The quantitative estimate of drug-likeness (QED) is 0.778. The van der Waals surface area contributed by atoms with E-state index in [1.807, 2.05) is 0 Å². The Morgan fingerprint density at radius 2 is 1.88 bits per heavy atom. The van der Waals surface area contributed by atoms with Gasteiger partial charge in [-0.25, -0.2) is 9.86 Å². The first-order valence-corrected chi connectivity index (χ1v) is 4.73. The fourth-order valence-electron chi connectivity index (χ4n) is 1.23. The topological polar surface area (TPSA) is 66.8 Å². The van der Waals surface area contributed by atoms with E-state index in [0.717, 1.165) is 5.06 Å². The zero-order chi connectivity index (χ0) is 12.1. The van der Waals surface area contributed by atoms with E-state index in [-0.39, 0.29) is 0 Å². The molecule has 0 fully saturated rings. The lowest BCUT2D eigenvalue weighted by molar-refractivity contribution is -0.163. The van der Waals surface area contributed by atoms with Crippen LogP contribution in [0.4, 0.5) is 0 Å². The standard InChI is InChI=1S/C11H13NO4/c1-8(11(14)15)12(16-2)10(13)9-6-4-3-5-7-9/h3-8H,1-2H3,(H,14,15)/t8-/m0/s1. The Kier molecular flexibility index (Phi) is 4.02. The SMILES string of the molecule is CON(C(=O)c1ccccc1)[C@@H](C)C(=O)O. The fraction of sp³-hybridized carbons (Fsp3) is 0.273. The van der Waals surface area contributed by atoms with E-state index in [1.165, 1.54) is 14.0 Å². The summed E-state index contributed by atoms with van der Waals surface area (Å²) in [5.74, 6) is -1.59. The van der Waals surface area contributed by atoms with Gasteiger partial charge in [-0.15, -0.1) is 0 Å². The predicted molar refractivity (Wildman–Crippen MR) is 56.7 cm³/mol. The molecule has 0 saturated heterocycles. The molecule has 1 amide bonds. The van der Waals surface area contributed by atoms with Crippen LogP contribution in [0.2, 0.25) is 0 Å². The number of carboxylic acids is 1. The molecule has 16 heavy (non-hydrogen) atoms. The highest BCUT2D eigenvalue weighted by molar-refractivity contribution is 5.95. The van der Waals surface area contributed by atoms with Gasteiger partial charge in [0.25, 0.3) is 5.91 Å². The van der Waals surface area contributed by atoms with Crippen molar-refractivity contribution in [2.24, 2.45) is 0 Å². The van der Waals surface area contributed by atoms with Gasteiger partial charge >= 0.3 is 5.97 Å². The van der Waals surface area contributed by atoms with Crippen molar-refractivity contribution in [3.8, 4) is 0 Å². The predicted octanol–water partition coefficient (Wildman–Crippen LogP) is 1.16. The fourth-order valence-corrected chi connectivity index (χ4v) is 1.23. The molecule has 5 nitrogen and oxygen atoms in total. The molecule has 0 unspecified atom stereocenters. The summed E-state index contributed by atoms with van der Waals surface area (Å²) in [5.41, 5.74) is 0.387. The molecule has 0 bridgehead atoms. The average Bonchev–Trinajstić information content (AvgIpc) is 2.30. The maximum absolute atomic E-state index is 11.9. The van der Waals surface area contributed by atoms with Crippen LogP contribution in [0.1, 0.15) is 17.3 Å². The van der Waals surface area contributed by atoms with Gasteiger partial charge in [-0.2, -0.15) is 0 Å². The van der Waals surface area contributed by atoms with Crippen LogP contribution in [-0.2, 0) is 9.63 Å². The smallest absolute Gasteiger partial charge is 0.328 e. The summed E-state index contributed by atoms with van der Waals surface area (Å²) in [7, 11) is 1.26. The molecule has 1 N–H and O–H groups in total. The highest BCUT2D eigenvalue weighted by Gasteiger charge is 2.26. The van der Waals surface area contributed by atoms with Crippen LogP contribution in [-0.4, -0.2) is 35.2 Å². The summed E-state index contributed by atoms with van der Waals surface area (Å²) < 4.78 is 0. The minimum Gasteiger partial charge on any atom is -0.480 e. The van der Waals surface area contributed by atoms with Crippen LogP contribution in [0.25, 0.3) is 0 Å². The van der Waals surface area contributed by atoms with Gasteiger partial charge in [0.2, 0.25) is 0 Å². The Bertz CT molecular complexity index is 377. The van der Waals surface area contributed by atoms with Gasteiger partial charge in [-0.1, -0.05) is 18.2 Å². The molecule has 5 heteroatoms. The van der Waals surface area contributed by atoms with E-state index in [2.05, 4.69) is 0 Å². The molecule has 0 aromatic heterocycles. The summed E-state index contributed by atoms with van der Waals surface area (Å²) in [6.45, 7) is 1.38. The minimum atomic E-state index is -1.12. The molecule has 0 radical (unpaired) electrons. The lowest BCUT2D eigenvalue weighted by atomic mass is 10.2. The Hall–Kier alpha value is -1.88. The molecule has 86 valence electrons. The molecule has 1 aromatic rings. The van der Waals surface area contributed by atoms with E-state index >= 15 is 0 Å². The summed E-state index contributed by atoms with van der Waals surface area (Å²) in [5, 5.41) is 9.64. The van der Waals surface area contributed by atoms with Gasteiger partial charge in [0, 0.05) is 5.56 Å². The Morgan fingerprint density at radius 1 is 1.31 bits per heavy atom. The van der Waals surface area contributed by atoms with E-state index in [0.29, 0.717) is 5.56 Å². The largest absolute Gasteiger partial charge is 0.480 e. The van der Waals surface area contributed by atoms with Crippen LogP contribution >= 0.6 is 0 Å². The van der Waals surface area contributed by atoms with Crippen molar-refractivity contribution < 1.29 is 19.5 Å². The molecule has 0 saturated carbocycles. The normalized spacial score (nSPS) is 11.9. The monoisotopic (exact) mass is 223 g/mol. The molecule has 1 rings (SSSR count). The number of carbonyl (C=O) groups is 2. The first-order valence-electron chi connectivity index (χ1n) is 4.73. The number of nitrogens with zero attached hydrogens (tertiary/aromatic N) is 1. The van der Waals surface area contributed by atoms with Gasteiger partial charge in [0.15, 0.2) is 6.04 Å². The number of benzene rings is 1. The first-order chi connectivity index (χ1) is 7.57. The van der Waals surface area contributed by atoms with Gasteiger partial charge in [-0.05, 0) is 19.1 Å². The zero-order valence-corrected chi connectivity index (χ0v) is 9.08. The lowest BCUT2D eigenvalue weighted by Crippen LogP contribution is -2.42. The zero-order valence-electron chi connectivity index (χ0n) is 9.08. The van der Waals surface area contributed by atoms with Crippen molar-refractivity contribution in [2.45, 2.75) is 13.0 Å². The van der Waals surface area contributed by atoms with E-state index in [4.69, 9.17) is 9.94 Å². The first kappa shape index (κ1) is 12.2. The number of carbonyl (C=O) groups excluding carboxylic acids is 1. The second kappa shape index (κ2) is 5.27. The van der Waals surface area contributed by atoms with Gasteiger partial charge in [0.1, 0.15) is 0 Å². The summed E-state index contributed by atoms with van der Waals surface area (Å²) in [6.07, 6.45) is 0. The molecule has 0 spiro atoms. The summed E-state index contributed by atoms with van der Waals surface area (Å²) >= 11 is 0. The average molecular weight is 223 g/mol. The third-order valence-electron chi connectivity index (χ3n) is 2.13. The van der Waals surface area contributed by atoms with Crippen LogP contribution in [0, 0.1) is 0 Å². The number of rotatable bonds is 4. The second-order valence-electron chi connectivity index (χ2n) is 3.19. The molecule has 1 aromatic carbocycles. The molecular weight excluding hydrogens is 210 g/mol. The Morgan fingerprint density at radius 3 is 2.31 bits per heavy atom. The van der Waals surface area contributed by atoms with E-state index in [9.17, 15) is 9.59 Å². The third-order valence-corrected chi connectivity index (χ3v) is 2.13. The molecule has 0 heterocycles. The molecule has 1 atom stereocenters. The third kappa shape index (κ3) is 2.58. The van der Waals surface area contributed by atoms with E-state index in [1.54, 1.807) is 30.3 Å². The van der Waals surface area contributed by atoms with Crippen molar-refractivity contribution in [3.63, 3.8) is 0 Å². The number of amides is 1. The van der Waals surface area contributed by atoms with Crippen molar-refractivity contribution in [1.29, 1.82) is 0 Å². The van der Waals surface area contributed by atoms with Crippen molar-refractivity contribution in [2.75, 3.05) is 7.11 Å². The summed E-state index contributed by atoms with van der Waals surface area (Å²) in [6, 6.07) is 7.34. The minimum absolute atomic E-state index is 0.387. The van der Waals surface area contributed by atoms with Gasteiger partial charge in [-0.3, -0.25) is 9.63 Å². The number of aliphatic carboxylic acids is 1. The highest BCUT2D eigenvalue weighted by atomic mass is 16.7. The maximum atomic E-state index is 11.9. The van der Waals surface area contributed by atoms with E-state index < -0.39 is 17.9 Å². The van der Waals surface area contributed by atoms with Crippen LogP contribution in [0.5, 0.6) is 0 Å². The lowest BCUT2D eigenvalue weighted by Gasteiger charge is -2.23. The highest BCUT2D eigenvalue weighted by Crippen LogP contribution is 2.08. The maximum Gasteiger partial charge on any atom is 0.328 e. The van der Waals surface area contributed by atoms with Crippen molar-refractivity contribution in [3.05, 3.63) is 35.9 Å². The molecule has 0 aliphatic heterocycles. The van der Waals surface area contributed by atoms with Gasteiger partial charge in [0.05, 0.1) is 7.11 Å². The Labute approximate surface area is 93.2 Å².